The highest BCUT2D eigenvalue weighted by molar-refractivity contribution is 5.81. The Bertz CT molecular complexity index is 525. The Balaban J connectivity index is 1.53. The minimum atomic E-state index is -0.0629. The van der Waals surface area contributed by atoms with Gasteiger partial charge in [-0.1, -0.05) is 18.9 Å². The van der Waals surface area contributed by atoms with Gasteiger partial charge in [-0.15, -0.1) is 0 Å². The van der Waals surface area contributed by atoms with Crippen molar-refractivity contribution in [1.29, 1.82) is 0 Å². The van der Waals surface area contributed by atoms with E-state index in [-0.39, 0.29) is 18.7 Å². The van der Waals surface area contributed by atoms with Crippen LogP contribution in [0.3, 0.4) is 0 Å². The first-order valence-electron chi connectivity index (χ1n) is 8.14. The molecule has 120 valence electrons. The molecular weight excluding hydrogens is 280 g/mol. The third-order valence-electron chi connectivity index (χ3n) is 4.47. The number of fused-ring (bicyclic) bond motifs is 1. The summed E-state index contributed by atoms with van der Waals surface area (Å²) >= 11 is 0. The van der Waals surface area contributed by atoms with E-state index in [1.165, 1.54) is 25.7 Å². The van der Waals surface area contributed by atoms with Gasteiger partial charge < -0.3 is 14.8 Å². The molecule has 2 aliphatic heterocycles. The third kappa shape index (κ3) is 3.53. The Morgan fingerprint density at radius 3 is 2.68 bits per heavy atom. The van der Waals surface area contributed by atoms with Crippen molar-refractivity contribution in [3.05, 3.63) is 23.8 Å². The molecule has 1 unspecified atom stereocenters. The molecule has 3 rings (SSSR count). The predicted octanol–water partition coefficient (Wildman–Crippen LogP) is 2.30. The van der Waals surface area contributed by atoms with Crippen molar-refractivity contribution in [1.82, 2.24) is 10.2 Å². The molecule has 2 aliphatic rings. The minimum absolute atomic E-state index is 0.0629. The molecule has 0 radical (unpaired) electrons. The lowest BCUT2D eigenvalue weighted by Crippen LogP contribution is -2.45. The molecule has 1 aromatic rings. The summed E-state index contributed by atoms with van der Waals surface area (Å²) in [6.45, 7) is 4.85. The number of carbonyl (C=O) groups is 1. The number of hydrogen-bond donors (Lipinski definition) is 1. The number of benzene rings is 1. The van der Waals surface area contributed by atoms with E-state index in [0.717, 1.165) is 30.2 Å². The van der Waals surface area contributed by atoms with Gasteiger partial charge in [-0.25, -0.2) is 0 Å². The van der Waals surface area contributed by atoms with Crippen LogP contribution in [0.2, 0.25) is 0 Å². The quantitative estimate of drug-likeness (QED) is 0.927. The Morgan fingerprint density at radius 1 is 1.18 bits per heavy atom. The number of amides is 1. The van der Waals surface area contributed by atoms with Gasteiger partial charge >= 0.3 is 0 Å². The van der Waals surface area contributed by atoms with Gasteiger partial charge in [0.05, 0.1) is 6.04 Å². The average Bonchev–Trinajstić information content (AvgIpc) is 2.83. The minimum Gasteiger partial charge on any atom is -0.454 e. The van der Waals surface area contributed by atoms with Crippen molar-refractivity contribution in [2.45, 2.75) is 45.2 Å². The van der Waals surface area contributed by atoms with Crippen LogP contribution >= 0.6 is 0 Å². The zero-order chi connectivity index (χ0) is 15.4. The van der Waals surface area contributed by atoms with Crippen LogP contribution < -0.4 is 14.8 Å². The summed E-state index contributed by atoms with van der Waals surface area (Å²) in [6, 6.07) is 5.72. The highest BCUT2D eigenvalue weighted by atomic mass is 16.7. The first-order valence-corrected chi connectivity index (χ1v) is 8.14. The van der Waals surface area contributed by atoms with E-state index in [1.807, 2.05) is 25.1 Å². The van der Waals surface area contributed by atoms with Gasteiger partial charge in [-0.05, 0) is 50.6 Å². The fraction of sp³-hybridized carbons (Fsp3) is 0.588. The van der Waals surface area contributed by atoms with E-state index in [1.54, 1.807) is 0 Å². The first kappa shape index (κ1) is 15.2. The summed E-state index contributed by atoms with van der Waals surface area (Å²) in [4.78, 5) is 14.6. The number of hydrogen-bond acceptors (Lipinski definition) is 4. The highest BCUT2D eigenvalue weighted by Crippen LogP contribution is 2.32. The predicted molar refractivity (Wildman–Crippen MR) is 83.9 cm³/mol. The Labute approximate surface area is 131 Å². The van der Waals surface area contributed by atoms with Crippen LogP contribution in [0.4, 0.5) is 0 Å². The van der Waals surface area contributed by atoms with Crippen molar-refractivity contribution >= 4 is 5.91 Å². The normalized spacial score (nSPS) is 19.5. The van der Waals surface area contributed by atoms with Crippen molar-refractivity contribution in [2.24, 2.45) is 0 Å². The van der Waals surface area contributed by atoms with Gasteiger partial charge in [-0.2, -0.15) is 0 Å². The number of nitrogens with one attached hydrogen (secondary N) is 1. The van der Waals surface area contributed by atoms with E-state index in [4.69, 9.17) is 9.47 Å². The van der Waals surface area contributed by atoms with E-state index < -0.39 is 0 Å². The van der Waals surface area contributed by atoms with Crippen molar-refractivity contribution in [2.75, 3.05) is 19.9 Å². The standard InChI is InChI=1S/C17H24N2O3/c1-13(19-8-4-2-3-5-9-19)17(20)18-11-14-6-7-15-16(10-14)22-12-21-15/h6-7,10,13H,2-5,8-9,11-12H2,1H3,(H,18,20). The molecule has 0 aromatic heterocycles. The molecule has 22 heavy (non-hydrogen) atoms. The lowest BCUT2D eigenvalue weighted by Gasteiger charge is -2.26. The van der Waals surface area contributed by atoms with Crippen molar-refractivity contribution in [3.8, 4) is 11.5 Å². The second-order valence-electron chi connectivity index (χ2n) is 6.03. The van der Waals surface area contributed by atoms with Crippen LogP contribution in [-0.2, 0) is 11.3 Å². The second kappa shape index (κ2) is 7.01. The Kier molecular flexibility index (Phi) is 4.83. The SMILES string of the molecule is CC(C(=O)NCc1ccc2c(c1)OCO2)N1CCCCCC1. The number of ether oxygens (including phenoxy) is 2. The molecule has 5 nitrogen and oxygen atoms in total. The summed E-state index contributed by atoms with van der Waals surface area (Å²) in [6.07, 6.45) is 4.95. The molecule has 5 heteroatoms. The number of rotatable bonds is 4. The molecule has 1 aromatic carbocycles. The topological polar surface area (TPSA) is 50.8 Å². The van der Waals surface area contributed by atoms with Crippen LogP contribution in [0.15, 0.2) is 18.2 Å². The van der Waals surface area contributed by atoms with Crippen LogP contribution in [-0.4, -0.2) is 36.7 Å². The summed E-state index contributed by atoms with van der Waals surface area (Å²) < 4.78 is 10.7. The summed E-state index contributed by atoms with van der Waals surface area (Å²) in [5.74, 6) is 1.62. The number of likely N-dealkylation sites (tertiary alicyclic amines) is 1. The molecule has 2 heterocycles. The van der Waals surface area contributed by atoms with Gasteiger partial charge in [0.1, 0.15) is 0 Å². The first-order chi connectivity index (χ1) is 10.7. The fourth-order valence-corrected chi connectivity index (χ4v) is 3.04. The van der Waals surface area contributed by atoms with E-state index in [0.29, 0.717) is 6.54 Å². The molecule has 1 saturated heterocycles. The van der Waals surface area contributed by atoms with Gasteiger partial charge in [0, 0.05) is 6.54 Å². The largest absolute Gasteiger partial charge is 0.454 e. The Morgan fingerprint density at radius 2 is 1.91 bits per heavy atom. The number of carbonyl (C=O) groups excluding carboxylic acids is 1. The summed E-state index contributed by atoms with van der Waals surface area (Å²) in [5, 5.41) is 3.03. The molecule has 1 amide bonds. The molecule has 0 aliphatic carbocycles. The Hall–Kier alpha value is -1.75. The third-order valence-corrected chi connectivity index (χ3v) is 4.47. The van der Waals surface area contributed by atoms with Crippen LogP contribution in [0, 0.1) is 0 Å². The maximum Gasteiger partial charge on any atom is 0.237 e. The molecule has 1 atom stereocenters. The molecule has 0 spiro atoms. The van der Waals surface area contributed by atoms with E-state index in [2.05, 4.69) is 10.2 Å². The highest BCUT2D eigenvalue weighted by Gasteiger charge is 2.22. The maximum atomic E-state index is 12.4. The smallest absolute Gasteiger partial charge is 0.237 e. The van der Waals surface area contributed by atoms with Gasteiger partial charge in [0.25, 0.3) is 0 Å². The second-order valence-corrected chi connectivity index (χ2v) is 6.03. The molecule has 1 fully saturated rings. The summed E-state index contributed by atoms with van der Waals surface area (Å²) in [5.41, 5.74) is 1.03. The van der Waals surface area contributed by atoms with Gasteiger partial charge in [0.2, 0.25) is 12.7 Å². The van der Waals surface area contributed by atoms with Crippen molar-refractivity contribution in [3.63, 3.8) is 0 Å². The zero-order valence-electron chi connectivity index (χ0n) is 13.1. The average molecular weight is 304 g/mol. The molecule has 1 N–H and O–H groups in total. The van der Waals surface area contributed by atoms with Crippen LogP contribution in [0.1, 0.15) is 38.2 Å². The van der Waals surface area contributed by atoms with Crippen LogP contribution in [0.5, 0.6) is 11.5 Å². The molecule has 0 bridgehead atoms. The van der Waals surface area contributed by atoms with Gasteiger partial charge in [0.15, 0.2) is 11.5 Å². The molecular formula is C17H24N2O3. The fourth-order valence-electron chi connectivity index (χ4n) is 3.04. The summed E-state index contributed by atoms with van der Waals surface area (Å²) in [7, 11) is 0. The van der Waals surface area contributed by atoms with E-state index >= 15 is 0 Å². The van der Waals surface area contributed by atoms with Gasteiger partial charge in [-0.3, -0.25) is 9.69 Å². The molecule has 0 saturated carbocycles. The number of nitrogens with zero attached hydrogens (tertiary/aromatic N) is 1. The van der Waals surface area contributed by atoms with E-state index in [9.17, 15) is 4.79 Å². The zero-order valence-corrected chi connectivity index (χ0v) is 13.1. The monoisotopic (exact) mass is 304 g/mol. The van der Waals surface area contributed by atoms with Crippen LogP contribution in [0.25, 0.3) is 0 Å². The lowest BCUT2D eigenvalue weighted by molar-refractivity contribution is -0.126. The lowest BCUT2D eigenvalue weighted by atomic mass is 10.2. The maximum absolute atomic E-state index is 12.4. The van der Waals surface area contributed by atoms with Crippen molar-refractivity contribution < 1.29 is 14.3 Å².